The largest absolute Gasteiger partial charge is 0.359 e. The van der Waals surface area contributed by atoms with Crippen LogP contribution in [0.1, 0.15) is 71.6 Å². The van der Waals surface area contributed by atoms with Gasteiger partial charge in [0.05, 0.1) is 0 Å². The second-order valence-corrected chi connectivity index (χ2v) is 8.86. The van der Waals surface area contributed by atoms with Crippen molar-refractivity contribution in [1.82, 2.24) is 5.32 Å². The molecule has 1 N–H and O–H groups in total. The van der Waals surface area contributed by atoms with Crippen molar-refractivity contribution in [2.24, 2.45) is 35.0 Å². The monoisotopic (exact) mass is 317 g/mol. The molecule has 0 aromatic rings. The highest BCUT2D eigenvalue weighted by molar-refractivity contribution is 5.72. The Labute approximate surface area is 142 Å². The summed E-state index contributed by atoms with van der Waals surface area (Å²) in [4.78, 5) is 9.70. The summed E-state index contributed by atoms with van der Waals surface area (Å²) in [5.74, 6) is 5.19. The van der Waals surface area contributed by atoms with Crippen molar-refractivity contribution in [3.8, 4) is 0 Å². The van der Waals surface area contributed by atoms with Gasteiger partial charge in [0, 0.05) is 14.0 Å². The highest BCUT2D eigenvalue weighted by Crippen LogP contribution is 2.66. The Morgan fingerprint density at radius 1 is 1.17 bits per heavy atom. The quantitative estimate of drug-likeness (QED) is 0.629. The predicted molar refractivity (Wildman–Crippen MR) is 96.0 cm³/mol. The van der Waals surface area contributed by atoms with Gasteiger partial charge in [0.15, 0.2) is 0 Å². The molecule has 130 valence electrons. The molecular formula is C21H35NO. The normalized spacial score (nSPS) is 44.5. The summed E-state index contributed by atoms with van der Waals surface area (Å²) in [6.07, 6.45) is 13.6. The second kappa shape index (κ2) is 6.61. The van der Waals surface area contributed by atoms with Gasteiger partial charge < -0.3 is 5.32 Å². The minimum absolute atomic E-state index is 0.00463. The molecule has 0 aromatic heterocycles. The summed E-state index contributed by atoms with van der Waals surface area (Å²) < 4.78 is 0. The first-order valence-corrected chi connectivity index (χ1v) is 9.83. The standard InChI is InChI=1S/C18H28.C3H7NO/c1-12-4-3-5-16-15(12)8-9-18-10-13(2)14(11-18)6-7-17(16)18;1-3(5)4-2/h12,14-17H,2-11H2,1H3;1-2H3,(H,4,5)/t12-,14+,15?,16?,17?,18+;/m0./s1. The number of carbonyl (C=O) groups excluding carboxylic acids is 1. The lowest BCUT2D eigenvalue weighted by molar-refractivity contribution is -0.118. The van der Waals surface area contributed by atoms with Crippen LogP contribution in [0.3, 0.4) is 0 Å². The van der Waals surface area contributed by atoms with E-state index in [1.165, 1.54) is 45.4 Å². The Morgan fingerprint density at radius 3 is 2.61 bits per heavy atom. The van der Waals surface area contributed by atoms with Crippen molar-refractivity contribution in [3.63, 3.8) is 0 Å². The highest BCUT2D eigenvalue weighted by atomic mass is 16.1. The Bertz CT molecular complexity index is 470. The smallest absolute Gasteiger partial charge is 0.216 e. The van der Waals surface area contributed by atoms with Gasteiger partial charge in [-0.1, -0.05) is 31.9 Å². The summed E-state index contributed by atoms with van der Waals surface area (Å²) in [6.45, 7) is 8.41. The van der Waals surface area contributed by atoms with Crippen LogP contribution >= 0.6 is 0 Å². The van der Waals surface area contributed by atoms with Crippen molar-refractivity contribution >= 4 is 5.91 Å². The van der Waals surface area contributed by atoms with Crippen molar-refractivity contribution in [3.05, 3.63) is 12.2 Å². The molecule has 0 saturated heterocycles. The van der Waals surface area contributed by atoms with Gasteiger partial charge in [0.25, 0.3) is 0 Å². The third kappa shape index (κ3) is 3.10. The molecule has 0 aromatic carbocycles. The van der Waals surface area contributed by atoms with Crippen LogP contribution in [0.4, 0.5) is 0 Å². The molecule has 1 spiro atoms. The van der Waals surface area contributed by atoms with Gasteiger partial charge in [-0.2, -0.15) is 0 Å². The predicted octanol–water partition coefficient (Wildman–Crippen LogP) is 4.95. The molecule has 0 radical (unpaired) electrons. The third-order valence-electron chi connectivity index (χ3n) is 7.74. The summed E-state index contributed by atoms with van der Waals surface area (Å²) in [5.41, 5.74) is 2.36. The molecule has 4 fully saturated rings. The van der Waals surface area contributed by atoms with Gasteiger partial charge in [-0.15, -0.1) is 0 Å². The number of fused-ring (bicyclic) bond motifs is 3. The maximum Gasteiger partial charge on any atom is 0.216 e. The molecule has 0 aliphatic heterocycles. The molecule has 2 heteroatoms. The minimum atomic E-state index is 0.00463. The number of rotatable bonds is 0. The lowest BCUT2D eigenvalue weighted by Gasteiger charge is -2.55. The van der Waals surface area contributed by atoms with Gasteiger partial charge in [0.1, 0.15) is 0 Å². The van der Waals surface area contributed by atoms with Gasteiger partial charge in [-0.3, -0.25) is 4.79 Å². The van der Waals surface area contributed by atoms with Gasteiger partial charge in [0.2, 0.25) is 5.91 Å². The molecule has 4 saturated carbocycles. The van der Waals surface area contributed by atoms with Crippen LogP contribution in [0.15, 0.2) is 12.2 Å². The van der Waals surface area contributed by atoms with E-state index in [4.69, 9.17) is 0 Å². The van der Waals surface area contributed by atoms with E-state index in [1.807, 2.05) is 0 Å². The number of hydrogen-bond acceptors (Lipinski definition) is 1. The molecule has 4 rings (SSSR count). The van der Waals surface area contributed by atoms with Crippen LogP contribution in [-0.2, 0) is 4.79 Å². The van der Waals surface area contributed by atoms with Gasteiger partial charge >= 0.3 is 0 Å². The molecule has 6 atom stereocenters. The maximum atomic E-state index is 9.70. The Balaban J connectivity index is 0.000000276. The zero-order valence-electron chi connectivity index (χ0n) is 15.4. The number of allylic oxidation sites excluding steroid dienone is 1. The highest BCUT2D eigenvalue weighted by Gasteiger charge is 2.56. The van der Waals surface area contributed by atoms with Crippen LogP contribution in [0, 0.1) is 35.0 Å². The molecule has 0 heterocycles. The number of carbonyl (C=O) groups is 1. The van der Waals surface area contributed by atoms with Crippen molar-refractivity contribution in [1.29, 1.82) is 0 Å². The van der Waals surface area contributed by atoms with E-state index in [9.17, 15) is 4.79 Å². The first-order valence-electron chi connectivity index (χ1n) is 9.83. The molecule has 23 heavy (non-hydrogen) atoms. The topological polar surface area (TPSA) is 29.1 Å². The van der Waals surface area contributed by atoms with Crippen molar-refractivity contribution in [2.75, 3.05) is 7.05 Å². The minimum Gasteiger partial charge on any atom is -0.359 e. The zero-order valence-corrected chi connectivity index (χ0v) is 15.4. The van der Waals surface area contributed by atoms with E-state index in [0.717, 1.165) is 35.0 Å². The lowest BCUT2D eigenvalue weighted by atomic mass is 9.50. The van der Waals surface area contributed by atoms with Crippen molar-refractivity contribution < 1.29 is 4.79 Å². The molecule has 1 amide bonds. The van der Waals surface area contributed by atoms with Crippen LogP contribution in [0.2, 0.25) is 0 Å². The summed E-state index contributed by atoms with van der Waals surface area (Å²) >= 11 is 0. The summed E-state index contributed by atoms with van der Waals surface area (Å²) in [7, 11) is 1.60. The number of nitrogens with one attached hydrogen (secondary N) is 1. The van der Waals surface area contributed by atoms with Gasteiger partial charge in [-0.05, 0) is 80.0 Å². The van der Waals surface area contributed by atoms with E-state index in [0.29, 0.717) is 0 Å². The van der Waals surface area contributed by atoms with Crippen LogP contribution < -0.4 is 5.32 Å². The van der Waals surface area contributed by atoms with Crippen LogP contribution in [0.5, 0.6) is 0 Å². The van der Waals surface area contributed by atoms with Gasteiger partial charge in [-0.25, -0.2) is 0 Å². The van der Waals surface area contributed by atoms with Crippen LogP contribution in [0.25, 0.3) is 0 Å². The SMILES string of the molecule is C=C1C[C@@]23CCC4C(CCC[C@@H]4C)C2CC[C@@H]1C3.CNC(C)=O. The Hall–Kier alpha value is -0.790. The average molecular weight is 318 g/mol. The van der Waals surface area contributed by atoms with Crippen molar-refractivity contribution in [2.45, 2.75) is 71.6 Å². The van der Waals surface area contributed by atoms with E-state index < -0.39 is 0 Å². The third-order valence-corrected chi connectivity index (χ3v) is 7.74. The number of amides is 1. The first-order chi connectivity index (χ1) is 11.0. The fourth-order valence-electron chi connectivity index (χ4n) is 6.60. The first kappa shape index (κ1) is 17.0. The molecular weight excluding hydrogens is 282 g/mol. The molecule has 4 aliphatic rings. The molecule has 3 unspecified atom stereocenters. The fraction of sp³-hybridized carbons (Fsp3) is 0.857. The maximum absolute atomic E-state index is 9.70. The summed E-state index contributed by atoms with van der Waals surface area (Å²) in [6, 6.07) is 0. The fourth-order valence-corrected chi connectivity index (χ4v) is 6.60. The van der Waals surface area contributed by atoms with E-state index >= 15 is 0 Å². The van der Waals surface area contributed by atoms with E-state index in [2.05, 4.69) is 18.8 Å². The van der Waals surface area contributed by atoms with E-state index in [1.54, 1.807) is 31.9 Å². The second-order valence-electron chi connectivity index (χ2n) is 8.86. The Kier molecular flexibility index (Phi) is 4.90. The zero-order chi connectivity index (χ0) is 16.6. The summed E-state index contributed by atoms with van der Waals surface area (Å²) in [5, 5.41) is 2.39. The Morgan fingerprint density at radius 2 is 1.91 bits per heavy atom. The lowest BCUT2D eigenvalue weighted by Crippen LogP contribution is -2.46. The van der Waals surface area contributed by atoms with Crippen LogP contribution in [-0.4, -0.2) is 13.0 Å². The average Bonchev–Trinajstić information content (AvgIpc) is 2.77. The molecule has 2 nitrogen and oxygen atoms in total. The molecule has 2 bridgehead atoms. The van der Waals surface area contributed by atoms with E-state index in [-0.39, 0.29) is 5.91 Å². The molecule has 4 aliphatic carbocycles. The number of hydrogen-bond donors (Lipinski definition) is 1.